The molecule has 5 nitrogen and oxygen atoms in total. The Hall–Kier alpha value is -1.90. The van der Waals surface area contributed by atoms with Crippen LogP contribution in [0.3, 0.4) is 0 Å². The molecule has 0 saturated carbocycles. The van der Waals surface area contributed by atoms with Crippen LogP contribution in [0.1, 0.15) is 36.1 Å². The molecule has 2 unspecified atom stereocenters. The summed E-state index contributed by atoms with van der Waals surface area (Å²) in [6, 6.07) is 9.74. The molecule has 2 aromatic rings. The number of sulfonamides is 1. The first-order valence-electron chi connectivity index (χ1n) is 9.28. The minimum atomic E-state index is -3.86. The van der Waals surface area contributed by atoms with Crippen molar-refractivity contribution in [1.82, 2.24) is 10.0 Å². The maximum atomic E-state index is 13.1. The summed E-state index contributed by atoms with van der Waals surface area (Å²) in [6.07, 6.45) is 2.25. The molecule has 0 aromatic heterocycles. The number of amides is 1. The van der Waals surface area contributed by atoms with E-state index in [1.54, 1.807) is 38.1 Å². The van der Waals surface area contributed by atoms with E-state index in [0.717, 1.165) is 11.1 Å². The Kier molecular flexibility index (Phi) is 8.24. The third-order valence-corrected chi connectivity index (χ3v) is 6.84. The molecule has 0 spiro atoms. The topological polar surface area (TPSA) is 75.3 Å². The number of nitrogens with one attached hydrogen (secondary N) is 2. The molecule has 29 heavy (non-hydrogen) atoms. The van der Waals surface area contributed by atoms with Crippen LogP contribution in [0.15, 0.2) is 47.4 Å². The van der Waals surface area contributed by atoms with E-state index < -0.39 is 22.0 Å². The molecule has 2 rings (SSSR count). The van der Waals surface area contributed by atoms with Crippen LogP contribution in [0.5, 0.6) is 0 Å². The van der Waals surface area contributed by atoms with Crippen LogP contribution in [0.2, 0.25) is 0 Å². The van der Waals surface area contributed by atoms with Crippen molar-refractivity contribution in [3.05, 3.63) is 65.0 Å². The summed E-state index contributed by atoms with van der Waals surface area (Å²) in [5, 5.41) is 2.83. The van der Waals surface area contributed by atoms with E-state index >= 15 is 0 Å². The van der Waals surface area contributed by atoms with Gasteiger partial charge in [-0.05, 0) is 74.1 Å². The maximum absolute atomic E-state index is 13.1. The molecule has 0 aliphatic heterocycles. The first-order valence-corrected chi connectivity index (χ1v) is 12.2. The smallest absolute Gasteiger partial charge is 0.241 e. The summed E-state index contributed by atoms with van der Waals surface area (Å²) < 4.78 is 41.6. The van der Waals surface area contributed by atoms with Crippen molar-refractivity contribution in [3.8, 4) is 0 Å². The van der Waals surface area contributed by atoms with Crippen LogP contribution in [0.4, 0.5) is 4.39 Å². The van der Waals surface area contributed by atoms with Crippen molar-refractivity contribution in [2.75, 3.05) is 12.0 Å². The van der Waals surface area contributed by atoms with Gasteiger partial charge in [0.05, 0.1) is 10.9 Å². The van der Waals surface area contributed by atoms with Crippen molar-refractivity contribution in [2.45, 2.75) is 44.2 Å². The van der Waals surface area contributed by atoms with Gasteiger partial charge in [0.1, 0.15) is 11.9 Å². The Labute approximate surface area is 176 Å². The molecule has 0 saturated heterocycles. The number of halogens is 1. The minimum absolute atomic E-state index is 0.172. The average molecular weight is 439 g/mol. The Morgan fingerprint density at radius 3 is 2.41 bits per heavy atom. The Morgan fingerprint density at radius 2 is 1.79 bits per heavy atom. The predicted molar refractivity (Wildman–Crippen MR) is 116 cm³/mol. The predicted octanol–water partition coefficient (Wildman–Crippen LogP) is 3.72. The molecule has 0 aliphatic rings. The highest BCUT2D eigenvalue weighted by Gasteiger charge is 2.27. The molecule has 1 amide bonds. The van der Waals surface area contributed by atoms with E-state index in [1.165, 1.54) is 23.9 Å². The normalized spacial score (nSPS) is 13.7. The van der Waals surface area contributed by atoms with Gasteiger partial charge in [0.2, 0.25) is 15.9 Å². The summed E-state index contributed by atoms with van der Waals surface area (Å²) in [4.78, 5) is 13.0. The number of rotatable bonds is 9. The van der Waals surface area contributed by atoms with E-state index in [4.69, 9.17) is 0 Å². The molecule has 8 heteroatoms. The lowest BCUT2D eigenvalue weighted by Crippen LogP contribution is -2.47. The first kappa shape index (κ1) is 23.4. The van der Waals surface area contributed by atoms with E-state index in [-0.39, 0.29) is 16.8 Å². The van der Waals surface area contributed by atoms with Crippen LogP contribution < -0.4 is 10.0 Å². The fourth-order valence-electron chi connectivity index (χ4n) is 2.88. The van der Waals surface area contributed by atoms with Gasteiger partial charge in [0.15, 0.2) is 0 Å². The molecule has 2 atom stereocenters. The summed E-state index contributed by atoms with van der Waals surface area (Å²) in [7, 11) is -3.86. The minimum Gasteiger partial charge on any atom is -0.348 e. The summed E-state index contributed by atoms with van der Waals surface area (Å²) >= 11 is 1.54. The fraction of sp³-hybridized carbons (Fsp3) is 0.381. The average Bonchev–Trinajstić information content (AvgIpc) is 2.67. The third-order valence-electron chi connectivity index (χ3n) is 4.59. The van der Waals surface area contributed by atoms with Crippen LogP contribution in [-0.2, 0) is 14.8 Å². The van der Waals surface area contributed by atoms with Gasteiger partial charge >= 0.3 is 0 Å². The second-order valence-electron chi connectivity index (χ2n) is 7.01. The lowest BCUT2D eigenvalue weighted by molar-refractivity contribution is -0.123. The summed E-state index contributed by atoms with van der Waals surface area (Å²) in [5.74, 6) is -0.144. The second-order valence-corrected chi connectivity index (χ2v) is 9.67. The fourth-order valence-corrected chi connectivity index (χ4v) is 4.91. The highest BCUT2D eigenvalue weighted by molar-refractivity contribution is 7.98. The van der Waals surface area contributed by atoms with Crippen LogP contribution in [0, 0.1) is 19.7 Å². The molecule has 0 radical (unpaired) electrons. The van der Waals surface area contributed by atoms with Crippen LogP contribution in [-0.4, -0.2) is 32.4 Å². The second kappa shape index (κ2) is 10.2. The van der Waals surface area contributed by atoms with Gasteiger partial charge in [-0.2, -0.15) is 16.5 Å². The van der Waals surface area contributed by atoms with Gasteiger partial charge in [-0.3, -0.25) is 4.79 Å². The van der Waals surface area contributed by atoms with E-state index in [9.17, 15) is 17.6 Å². The SMILES string of the molecule is CSCCC(NS(=O)(=O)c1cc(C)ccc1C)C(=O)NC(C)c1ccc(F)cc1. The zero-order valence-electron chi connectivity index (χ0n) is 17.0. The number of hydrogen-bond acceptors (Lipinski definition) is 4. The quantitative estimate of drug-likeness (QED) is 0.626. The molecule has 2 aromatic carbocycles. The molecular weight excluding hydrogens is 411 g/mol. The van der Waals surface area contributed by atoms with Gasteiger partial charge in [-0.25, -0.2) is 12.8 Å². The van der Waals surface area contributed by atoms with Crippen molar-refractivity contribution in [2.24, 2.45) is 0 Å². The van der Waals surface area contributed by atoms with Crippen molar-refractivity contribution in [1.29, 1.82) is 0 Å². The Bertz CT molecular complexity index is 947. The Balaban J connectivity index is 2.20. The molecule has 0 fully saturated rings. The number of thioether (sulfide) groups is 1. The maximum Gasteiger partial charge on any atom is 0.241 e. The van der Waals surface area contributed by atoms with Gasteiger partial charge in [0.25, 0.3) is 0 Å². The lowest BCUT2D eigenvalue weighted by Gasteiger charge is -2.22. The number of carbonyl (C=O) groups is 1. The van der Waals surface area contributed by atoms with E-state index in [1.807, 2.05) is 19.2 Å². The standard InChI is InChI=1S/C21H27FN2O3S2/c1-14-5-6-15(2)20(13-14)29(26,27)24-19(11-12-28-4)21(25)23-16(3)17-7-9-18(22)10-8-17/h5-10,13,16,19,24H,11-12H2,1-4H3,(H,23,25). The van der Waals surface area contributed by atoms with Gasteiger partial charge < -0.3 is 5.32 Å². The molecule has 0 heterocycles. The largest absolute Gasteiger partial charge is 0.348 e. The molecule has 0 aliphatic carbocycles. The first-order chi connectivity index (χ1) is 13.6. The van der Waals surface area contributed by atoms with Crippen LogP contribution in [0.25, 0.3) is 0 Å². The van der Waals surface area contributed by atoms with Gasteiger partial charge in [-0.15, -0.1) is 0 Å². The van der Waals surface area contributed by atoms with Crippen LogP contribution >= 0.6 is 11.8 Å². The number of carbonyl (C=O) groups excluding carboxylic acids is 1. The summed E-state index contributed by atoms with van der Waals surface area (Å²) in [5.41, 5.74) is 2.18. The lowest BCUT2D eigenvalue weighted by atomic mass is 10.1. The third kappa shape index (κ3) is 6.55. The molecular formula is C21H27FN2O3S2. The summed E-state index contributed by atoms with van der Waals surface area (Å²) in [6.45, 7) is 5.32. The monoisotopic (exact) mass is 438 g/mol. The highest BCUT2D eigenvalue weighted by atomic mass is 32.2. The number of hydrogen-bond donors (Lipinski definition) is 2. The van der Waals surface area contributed by atoms with Gasteiger partial charge in [0, 0.05) is 0 Å². The zero-order valence-corrected chi connectivity index (χ0v) is 18.7. The Morgan fingerprint density at radius 1 is 1.14 bits per heavy atom. The van der Waals surface area contributed by atoms with E-state index in [0.29, 0.717) is 17.7 Å². The molecule has 2 N–H and O–H groups in total. The number of aryl methyl sites for hydroxylation is 2. The highest BCUT2D eigenvalue weighted by Crippen LogP contribution is 2.19. The van der Waals surface area contributed by atoms with Gasteiger partial charge in [-0.1, -0.05) is 24.3 Å². The zero-order chi connectivity index (χ0) is 21.6. The molecule has 158 valence electrons. The van der Waals surface area contributed by atoms with Crippen molar-refractivity contribution < 1.29 is 17.6 Å². The number of benzene rings is 2. The van der Waals surface area contributed by atoms with Crippen molar-refractivity contribution >= 4 is 27.7 Å². The van der Waals surface area contributed by atoms with Crippen molar-refractivity contribution in [3.63, 3.8) is 0 Å². The van der Waals surface area contributed by atoms with E-state index in [2.05, 4.69) is 10.0 Å². The molecule has 0 bridgehead atoms.